The van der Waals surface area contributed by atoms with Gasteiger partial charge in [-0.1, -0.05) is 6.07 Å². The summed E-state index contributed by atoms with van der Waals surface area (Å²) >= 11 is 0. The van der Waals surface area contributed by atoms with Gasteiger partial charge in [-0.2, -0.15) is 11.6 Å². The number of aryl methyl sites for hydroxylation is 3. The van der Waals surface area contributed by atoms with Crippen LogP contribution in [0.2, 0.25) is 0 Å². The molecule has 0 radical (unpaired) electrons. The molecule has 0 bridgehead atoms. The minimum Gasteiger partial charge on any atom is -0.371 e. The summed E-state index contributed by atoms with van der Waals surface area (Å²) in [7, 11) is -1.11. The fraction of sp³-hybridized carbons (Fsp3) is 0.478. The number of nitrogens with one attached hydrogen (secondary N) is 1. The molecule has 2 aromatic rings. The van der Waals surface area contributed by atoms with Crippen molar-refractivity contribution in [2.75, 3.05) is 47.0 Å². The van der Waals surface area contributed by atoms with Crippen LogP contribution in [-0.2, 0) is 30.1 Å². The summed E-state index contributed by atoms with van der Waals surface area (Å²) < 4.78 is 12.5. The van der Waals surface area contributed by atoms with E-state index in [9.17, 15) is 4.21 Å². The summed E-state index contributed by atoms with van der Waals surface area (Å²) in [6.07, 6.45) is 3.14. The van der Waals surface area contributed by atoms with Crippen LogP contribution in [0.3, 0.4) is 0 Å². The Morgan fingerprint density at radius 2 is 1.88 bits per heavy atom. The molecule has 164 valence electrons. The summed E-state index contributed by atoms with van der Waals surface area (Å²) in [5.41, 5.74) is 5.24. The molecule has 1 aliphatic carbocycles. The second-order valence-corrected chi connectivity index (χ2v) is 10.6. The first-order valence-electron chi connectivity index (χ1n) is 11.2. The molecule has 4 heterocycles. The second kappa shape index (κ2) is 7.55. The fourth-order valence-electron chi connectivity index (χ4n) is 5.43. The lowest BCUT2D eigenvalue weighted by atomic mass is 9.88. The van der Waals surface area contributed by atoms with Crippen molar-refractivity contribution in [3.63, 3.8) is 0 Å². The molecule has 3 aliphatic heterocycles. The molecule has 0 amide bonds. The lowest BCUT2D eigenvalue weighted by Gasteiger charge is -2.26. The van der Waals surface area contributed by atoms with Crippen molar-refractivity contribution < 1.29 is 4.21 Å². The molecule has 2 fully saturated rings. The van der Waals surface area contributed by atoms with Crippen molar-refractivity contribution in [1.82, 2.24) is 9.97 Å². The van der Waals surface area contributed by atoms with Gasteiger partial charge in [0.05, 0.1) is 16.5 Å². The Labute approximate surface area is 190 Å². The van der Waals surface area contributed by atoms with Gasteiger partial charge in [-0.3, -0.25) is 4.21 Å². The van der Waals surface area contributed by atoms with Crippen LogP contribution in [-0.4, -0.2) is 51.9 Å². The summed E-state index contributed by atoms with van der Waals surface area (Å²) in [4.78, 5) is 18.1. The van der Waals surface area contributed by atoms with Crippen LogP contribution in [0.25, 0.3) is 4.95 Å². The number of fused-ring (bicyclic) bond motifs is 3. The molecule has 0 saturated carbocycles. The fourth-order valence-corrected chi connectivity index (χ4v) is 6.73. The quantitative estimate of drug-likeness (QED) is 0.337. The van der Waals surface area contributed by atoms with Crippen LogP contribution < -0.4 is 15.1 Å². The van der Waals surface area contributed by atoms with E-state index >= 15 is 0 Å². The van der Waals surface area contributed by atoms with Gasteiger partial charge in [-0.25, -0.2) is 4.98 Å². The predicted octanol–water partition coefficient (Wildman–Crippen LogP) is 2.48. The van der Waals surface area contributed by atoms with E-state index in [0.717, 1.165) is 31.9 Å². The normalized spacial score (nSPS) is 25.8. The Balaban J connectivity index is 1.21. The van der Waals surface area contributed by atoms with Crippen LogP contribution in [0.15, 0.2) is 28.2 Å². The molecule has 1 N–H and O–H groups in total. The van der Waals surface area contributed by atoms with Crippen LogP contribution in [0.1, 0.15) is 23.7 Å². The maximum atomic E-state index is 12.5. The Hall–Kier alpha value is -2.99. The van der Waals surface area contributed by atoms with E-state index in [-0.39, 0.29) is 0 Å². The monoisotopic (exact) mass is 447 g/mol. The highest BCUT2D eigenvalue weighted by Crippen LogP contribution is 2.38. The van der Waals surface area contributed by atoms with Gasteiger partial charge in [0.15, 0.2) is 11.7 Å². The van der Waals surface area contributed by atoms with E-state index in [1.165, 1.54) is 29.7 Å². The molecule has 1 aromatic heterocycles. The Kier molecular flexibility index (Phi) is 4.65. The standard InChI is InChI=1S/C23H25N7OS/c1-14(28-24-2)25-22-21-20(7-8-32(21)31)26-23(27-22)30-12-17-10-29(11-18(17)13-30)19-6-5-15-3-4-16(15)9-19/h5-6,9,17-18H,3-4,7-8,10-13H2,1H3,(H,25,26,27,28)/t17?,18?,32-/m1/s1. The molecule has 8 nitrogen and oxygen atoms in total. The van der Waals surface area contributed by atoms with Gasteiger partial charge in [0.1, 0.15) is 10.00 Å². The van der Waals surface area contributed by atoms with Crippen LogP contribution in [0, 0.1) is 18.4 Å². The summed E-state index contributed by atoms with van der Waals surface area (Å²) in [6, 6.07) is 6.96. The molecule has 9 heteroatoms. The lowest BCUT2D eigenvalue weighted by molar-refractivity contribution is 0.533. The van der Waals surface area contributed by atoms with E-state index in [1.807, 2.05) is 0 Å². The van der Waals surface area contributed by atoms with Crippen molar-refractivity contribution in [3.05, 3.63) is 46.5 Å². The van der Waals surface area contributed by atoms with E-state index < -0.39 is 10.8 Å². The van der Waals surface area contributed by atoms with Crippen molar-refractivity contribution in [2.45, 2.75) is 31.1 Å². The Bertz CT molecular complexity index is 1190. The van der Waals surface area contributed by atoms with Gasteiger partial charge in [-0.05, 0) is 36.1 Å². The number of rotatable bonds is 3. The Morgan fingerprint density at radius 3 is 2.56 bits per heavy atom. The van der Waals surface area contributed by atoms with Gasteiger partial charge in [-0.15, -0.1) is 4.95 Å². The first-order valence-corrected chi connectivity index (χ1v) is 12.5. The molecule has 32 heavy (non-hydrogen) atoms. The first kappa shape index (κ1) is 19.7. The largest absolute Gasteiger partial charge is 0.371 e. The number of nitrogens with zero attached hydrogens (tertiary/aromatic N) is 6. The summed E-state index contributed by atoms with van der Waals surface area (Å²) in [5, 5.41) is 6.80. The highest BCUT2D eigenvalue weighted by molar-refractivity contribution is 7.85. The molecule has 6 rings (SSSR count). The third-order valence-electron chi connectivity index (χ3n) is 7.16. The average molecular weight is 448 g/mol. The minimum absolute atomic E-state index is 0.447. The molecule has 1 aromatic carbocycles. The third-order valence-corrected chi connectivity index (χ3v) is 8.62. The van der Waals surface area contributed by atoms with Crippen molar-refractivity contribution in [1.29, 1.82) is 0 Å². The van der Waals surface area contributed by atoms with Crippen molar-refractivity contribution in [2.24, 2.45) is 16.9 Å². The number of benzene rings is 1. The number of hydrogen-bond donors (Lipinski definition) is 1. The maximum Gasteiger partial charge on any atom is 0.227 e. The van der Waals surface area contributed by atoms with E-state index in [0.29, 0.717) is 46.5 Å². The van der Waals surface area contributed by atoms with Gasteiger partial charge in [0.25, 0.3) is 0 Å². The molecule has 2 unspecified atom stereocenters. The second-order valence-electron chi connectivity index (χ2n) is 9.14. The molecule has 2 saturated heterocycles. The molecule has 3 atom stereocenters. The Morgan fingerprint density at radius 1 is 1.12 bits per heavy atom. The van der Waals surface area contributed by atoms with Crippen LogP contribution in [0.5, 0.6) is 0 Å². The van der Waals surface area contributed by atoms with Crippen molar-refractivity contribution >= 4 is 34.1 Å². The number of anilines is 3. The number of amidine groups is 1. The zero-order valence-corrected chi connectivity index (χ0v) is 18.9. The predicted molar refractivity (Wildman–Crippen MR) is 126 cm³/mol. The maximum absolute atomic E-state index is 12.5. The number of aromatic nitrogens is 2. The third kappa shape index (κ3) is 3.25. The first-order chi connectivity index (χ1) is 15.6. The topological polar surface area (TPSA) is 78.1 Å². The minimum atomic E-state index is -1.11. The van der Waals surface area contributed by atoms with E-state index in [1.54, 1.807) is 6.92 Å². The molecule has 4 aliphatic rings. The van der Waals surface area contributed by atoms with E-state index in [4.69, 9.17) is 16.5 Å². The summed E-state index contributed by atoms with van der Waals surface area (Å²) in [5.74, 6) is 3.43. The van der Waals surface area contributed by atoms with Gasteiger partial charge >= 0.3 is 0 Å². The van der Waals surface area contributed by atoms with Crippen LogP contribution >= 0.6 is 0 Å². The van der Waals surface area contributed by atoms with Gasteiger partial charge in [0, 0.05) is 62.8 Å². The van der Waals surface area contributed by atoms with Crippen molar-refractivity contribution in [3.8, 4) is 0 Å². The molecule has 0 spiro atoms. The van der Waals surface area contributed by atoms with Crippen LogP contribution in [0.4, 0.5) is 17.5 Å². The van der Waals surface area contributed by atoms with Gasteiger partial charge in [0.2, 0.25) is 5.95 Å². The average Bonchev–Trinajstić information content (AvgIpc) is 3.42. The highest BCUT2D eigenvalue weighted by atomic mass is 32.2. The van der Waals surface area contributed by atoms with Gasteiger partial charge < -0.3 is 15.1 Å². The molecular weight excluding hydrogens is 422 g/mol. The molecular formula is C23H25N7OS. The zero-order chi connectivity index (χ0) is 21.8. The number of hydrogen-bond acceptors (Lipinski definition) is 6. The smallest absolute Gasteiger partial charge is 0.227 e. The van der Waals surface area contributed by atoms with E-state index in [2.05, 4.69) is 43.4 Å². The lowest BCUT2D eigenvalue weighted by Crippen LogP contribution is -2.30. The highest BCUT2D eigenvalue weighted by Gasteiger charge is 2.41. The SMILES string of the molecule is [C-]#[N+]/N=C(/C)Nc1nc(N2CC3CN(c4ccc5c(c4)CC5)CC3C2)nc2c1[S@](=O)CC2. The summed E-state index contributed by atoms with van der Waals surface area (Å²) in [6.45, 7) is 12.7. The zero-order valence-electron chi connectivity index (χ0n) is 18.0.